The van der Waals surface area contributed by atoms with Crippen molar-refractivity contribution >= 4 is 15.8 Å². The molecule has 8 heteroatoms. The normalized spacial score (nSPS) is 13.9. The van der Waals surface area contributed by atoms with Gasteiger partial charge in [0.25, 0.3) is 0 Å². The molecular weight excluding hydrogens is 246 g/mol. The van der Waals surface area contributed by atoms with E-state index in [4.69, 9.17) is 5.11 Å². The van der Waals surface area contributed by atoms with Gasteiger partial charge >= 0.3 is 5.97 Å². The van der Waals surface area contributed by atoms with Crippen LogP contribution in [0.15, 0.2) is 6.33 Å². The van der Waals surface area contributed by atoms with Gasteiger partial charge in [-0.05, 0) is 5.92 Å². The maximum Gasteiger partial charge on any atom is 0.322 e. The highest BCUT2D eigenvalue weighted by molar-refractivity contribution is 7.92. The standard InChI is InChI=1S/C9H15N3O4S/c1-6(2)8(9(13)14)17(15,16)4-7-10-5-11-12(7)3/h5-6,8H,4H2,1-3H3,(H,13,14). The number of hydrogen-bond donors (Lipinski definition) is 1. The molecule has 96 valence electrons. The summed E-state index contributed by atoms with van der Waals surface area (Å²) in [5.74, 6) is -2.01. The number of sulfone groups is 1. The molecule has 1 heterocycles. The third kappa shape index (κ3) is 3.02. The number of carbonyl (C=O) groups is 1. The van der Waals surface area contributed by atoms with E-state index in [0.29, 0.717) is 0 Å². The van der Waals surface area contributed by atoms with Crippen molar-refractivity contribution in [3.63, 3.8) is 0 Å². The van der Waals surface area contributed by atoms with Gasteiger partial charge in [0.05, 0.1) is 0 Å². The van der Waals surface area contributed by atoms with E-state index in [9.17, 15) is 13.2 Å². The van der Waals surface area contributed by atoms with Crippen LogP contribution in [0, 0.1) is 5.92 Å². The Morgan fingerprint density at radius 1 is 1.53 bits per heavy atom. The number of carboxylic acid groups (broad SMARTS) is 1. The molecule has 0 saturated heterocycles. The van der Waals surface area contributed by atoms with Crippen LogP contribution in [-0.2, 0) is 27.4 Å². The van der Waals surface area contributed by atoms with E-state index in [2.05, 4.69) is 10.1 Å². The summed E-state index contributed by atoms with van der Waals surface area (Å²) in [6.07, 6.45) is 1.23. The fourth-order valence-electron chi connectivity index (χ4n) is 1.57. The first kappa shape index (κ1) is 13.6. The smallest absolute Gasteiger partial charge is 0.322 e. The van der Waals surface area contributed by atoms with Gasteiger partial charge in [-0.1, -0.05) is 13.8 Å². The number of carboxylic acids is 1. The summed E-state index contributed by atoms with van der Waals surface area (Å²) in [7, 11) is -2.23. The molecule has 0 bridgehead atoms. The number of aliphatic carboxylic acids is 1. The zero-order chi connectivity index (χ0) is 13.2. The van der Waals surface area contributed by atoms with Gasteiger partial charge in [-0.15, -0.1) is 0 Å². The maximum atomic E-state index is 12.0. The van der Waals surface area contributed by atoms with Gasteiger partial charge in [0.15, 0.2) is 15.1 Å². The third-order valence-corrected chi connectivity index (χ3v) is 4.55. The molecule has 0 spiro atoms. The van der Waals surface area contributed by atoms with Crippen molar-refractivity contribution in [1.29, 1.82) is 0 Å². The Labute approximate surface area is 99.4 Å². The summed E-state index contributed by atoms with van der Waals surface area (Å²) in [5, 5.41) is 11.3. The average Bonchev–Trinajstić information content (AvgIpc) is 2.48. The van der Waals surface area contributed by atoms with Gasteiger partial charge in [-0.25, -0.2) is 13.4 Å². The Hall–Kier alpha value is -1.44. The number of aromatic nitrogens is 3. The van der Waals surface area contributed by atoms with E-state index >= 15 is 0 Å². The summed E-state index contributed by atoms with van der Waals surface area (Å²) >= 11 is 0. The van der Waals surface area contributed by atoms with Crippen LogP contribution in [0.4, 0.5) is 0 Å². The molecule has 1 N–H and O–H groups in total. The van der Waals surface area contributed by atoms with Crippen LogP contribution >= 0.6 is 0 Å². The van der Waals surface area contributed by atoms with E-state index < -0.39 is 32.7 Å². The first-order chi connectivity index (χ1) is 7.75. The Balaban J connectivity index is 3.03. The van der Waals surface area contributed by atoms with E-state index in [1.165, 1.54) is 11.0 Å². The molecule has 1 atom stereocenters. The molecule has 17 heavy (non-hydrogen) atoms. The average molecular weight is 261 g/mol. The zero-order valence-corrected chi connectivity index (χ0v) is 10.7. The first-order valence-electron chi connectivity index (χ1n) is 5.03. The van der Waals surface area contributed by atoms with Gasteiger partial charge in [0.2, 0.25) is 0 Å². The molecule has 0 aromatic carbocycles. The molecule has 0 aliphatic rings. The highest BCUT2D eigenvalue weighted by atomic mass is 32.2. The lowest BCUT2D eigenvalue weighted by Gasteiger charge is -2.16. The topological polar surface area (TPSA) is 102 Å². The molecule has 1 unspecified atom stereocenters. The first-order valence-corrected chi connectivity index (χ1v) is 6.74. The quantitative estimate of drug-likeness (QED) is 0.790. The van der Waals surface area contributed by atoms with E-state index in [-0.39, 0.29) is 5.82 Å². The van der Waals surface area contributed by atoms with Gasteiger partial charge in [0.1, 0.15) is 17.9 Å². The van der Waals surface area contributed by atoms with Gasteiger partial charge in [-0.3, -0.25) is 9.48 Å². The Bertz CT molecular complexity index is 506. The predicted octanol–water partition coefficient (Wildman–Crippen LogP) is -0.161. The molecule has 0 fully saturated rings. The minimum absolute atomic E-state index is 0.233. The van der Waals surface area contributed by atoms with Crippen LogP contribution in [0.25, 0.3) is 0 Å². The molecule has 1 aromatic heterocycles. The highest BCUT2D eigenvalue weighted by Gasteiger charge is 2.36. The summed E-state index contributed by atoms with van der Waals surface area (Å²) < 4.78 is 25.3. The Morgan fingerprint density at radius 2 is 2.12 bits per heavy atom. The van der Waals surface area contributed by atoms with Crippen molar-refractivity contribution in [1.82, 2.24) is 14.8 Å². The van der Waals surface area contributed by atoms with Crippen LogP contribution in [0.5, 0.6) is 0 Å². The Morgan fingerprint density at radius 3 is 2.47 bits per heavy atom. The third-order valence-electron chi connectivity index (χ3n) is 2.37. The second-order valence-corrected chi connectivity index (χ2v) is 6.23. The lowest BCUT2D eigenvalue weighted by molar-refractivity contribution is -0.137. The Kier molecular flexibility index (Phi) is 3.87. The van der Waals surface area contributed by atoms with Crippen LogP contribution < -0.4 is 0 Å². The van der Waals surface area contributed by atoms with E-state index in [1.807, 2.05) is 0 Å². The van der Waals surface area contributed by atoms with Crippen molar-refractivity contribution in [2.45, 2.75) is 24.9 Å². The molecule has 0 saturated carbocycles. The summed E-state index contributed by atoms with van der Waals surface area (Å²) in [6, 6.07) is 0. The number of hydrogen-bond acceptors (Lipinski definition) is 5. The van der Waals surface area contributed by atoms with Crippen LogP contribution in [-0.4, -0.2) is 39.5 Å². The van der Waals surface area contributed by atoms with Crippen molar-refractivity contribution < 1.29 is 18.3 Å². The fourth-order valence-corrected chi connectivity index (χ4v) is 3.51. The van der Waals surface area contributed by atoms with Crippen LogP contribution in [0.2, 0.25) is 0 Å². The lowest BCUT2D eigenvalue weighted by atomic mass is 10.1. The molecule has 0 radical (unpaired) electrons. The zero-order valence-electron chi connectivity index (χ0n) is 9.86. The fraction of sp³-hybridized carbons (Fsp3) is 0.667. The van der Waals surface area contributed by atoms with Crippen LogP contribution in [0.1, 0.15) is 19.7 Å². The highest BCUT2D eigenvalue weighted by Crippen LogP contribution is 2.17. The molecule has 7 nitrogen and oxygen atoms in total. The summed E-state index contributed by atoms with van der Waals surface area (Å²) in [5.41, 5.74) is 0. The van der Waals surface area contributed by atoms with Crippen molar-refractivity contribution in [3.8, 4) is 0 Å². The van der Waals surface area contributed by atoms with Gasteiger partial charge in [-0.2, -0.15) is 5.10 Å². The maximum absolute atomic E-state index is 12.0. The second-order valence-electron chi connectivity index (χ2n) is 4.11. The minimum atomic E-state index is -3.79. The number of rotatable bonds is 5. The monoisotopic (exact) mass is 261 g/mol. The molecule has 0 aliphatic heterocycles. The minimum Gasteiger partial charge on any atom is -0.480 e. The molecule has 0 aliphatic carbocycles. The van der Waals surface area contributed by atoms with E-state index in [0.717, 1.165) is 0 Å². The SMILES string of the molecule is CC(C)C(C(=O)O)S(=O)(=O)Cc1ncnn1C. The van der Waals surface area contributed by atoms with Gasteiger partial charge < -0.3 is 5.11 Å². The van der Waals surface area contributed by atoms with Crippen LogP contribution in [0.3, 0.4) is 0 Å². The lowest BCUT2D eigenvalue weighted by Crippen LogP contribution is -2.36. The number of aryl methyl sites for hydroxylation is 1. The molecule has 1 aromatic rings. The predicted molar refractivity (Wildman–Crippen MR) is 59.9 cm³/mol. The van der Waals surface area contributed by atoms with Crippen molar-refractivity contribution in [3.05, 3.63) is 12.2 Å². The molecule has 0 amide bonds. The largest absolute Gasteiger partial charge is 0.480 e. The molecule has 1 rings (SSSR count). The second kappa shape index (κ2) is 4.82. The van der Waals surface area contributed by atoms with Crippen molar-refractivity contribution in [2.24, 2.45) is 13.0 Å². The molecular formula is C9H15N3O4S. The van der Waals surface area contributed by atoms with E-state index in [1.54, 1.807) is 20.9 Å². The summed E-state index contributed by atoms with van der Waals surface area (Å²) in [6.45, 7) is 3.13. The number of nitrogens with zero attached hydrogens (tertiary/aromatic N) is 3. The van der Waals surface area contributed by atoms with Gasteiger partial charge in [0, 0.05) is 7.05 Å². The summed E-state index contributed by atoms with van der Waals surface area (Å²) in [4.78, 5) is 14.8. The van der Waals surface area contributed by atoms with Crippen molar-refractivity contribution in [2.75, 3.05) is 0 Å².